The van der Waals surface area contributed by atoms with E-state index in [1.54, 1.807) is 17.0 Å². The second-order valence-electron chi connectivity index (χ2n) is 6.48. The molecule has 1 aliphatic heterocycles. The summed E-state index contributed by atoms with van der Waals surface area (Å²) in [5, 5.41) is 1.35. The minimum Gasteiger partial charge on any atom is -0.379 e. The van der Waals surface area contributed by atoms with E-state index in [1.807, 2.05) is 18.2 Å². The fourth-order valence-electron chi connectivity index (χ4n) is 3.13. The summed E-state index contributed by atoms with van der Waals surface area (Å²) in [5.74, 6) is -0.0657. The first-order chi connectivity index (χ1) is 13.6. The second kappa shape index (κ2) is 9.07. The summed E-state index contributed by atoms with van der Waals surface area (Å²) >= 11 is 14.9. The maximum absolute atomic E-state index is 13.2. The standard InChI is InChI=1S/C19H19Cl2N3O2S2/c20-13-2-3-14-16(12-13)28-19(22-14)24(18(25)15-4-5-17(21)27-15)7-1-6-23-8-10-26-11-9-23/h2-5,12H,1,6-11H2. The zero-order chi connectivity index (χ0) is 19.5. The highest BCUT2D eigenvalue weighted by Crippen LogP contribution is 2.33. The zero-order valence-corrected chi connectivity index (χ0v) is 18.2. The van der Waals surface area contributed by atoms with E-state index >= 15 is 0 Å². The number of ether oxygens (including phenoxy) is 1. The van der Waals surface area contributed by atoms with E-state index in [2.05, 4.69) is 9.88 Å². The van der Waals surface area contributed by atoms with E-state index in [9.17, 15) is 4.79 Å². The van der Waals surface area contributed by atoms with Crippen LogP contribution in [0.3, 0.4) is 0 Å². The lowest BCUT2D eigenvalue weighted by Crippen LogP contribution is -2.39. The fourth-order valence-corrected chi connectivity index (χ4v) is 5.38. The number of carbonyl (C=O) groups is 1. The van der Waals surface area contributed by atoms with Crippen molar-refractivity contribution in [2.24, 2.45) is 0 Å². The summed E-state index contributed by atoms with van der Waals surface area (Å²) in [4.78, 5) is 22.6. The molecule has 1 saturated heterocycles. The van der Waals surface area contributed by atoms with Gasteiger partial charge in [-0.3, -0.25) is 14.6 Å². The topological polar surface area (TPSA) is 45.7 Å². The van der Waals surface area contributed by atoms with Gasteiger partial charge in [0.2, 0.25) is 0 Å². The Labute approximate surface area is 181 Å². The number of nitrogens with zero attached hydrogens (tertiary/aromatic N) is 3. The van der Waals surface area contributed by atoms with Crippen LogP contribution in [0.2, 0.25) is 9.36 Å². The highest BCUT2D eigenvalue weighted by Gasteiger charge is 2.23. The number of fused-ring (bicyclic) bond motifs is 1. The largest absolute Gasteiger partial charge is 0.379 e. The zero-order valence-electron chi connectivity index (χ0n) is 15.1. The summed E-state index contributed by atoms with van der Waals surface area (Å²) in [5.41, 5.74) is 0.847. The number of thiazole rings is 1. The fraction of sp³-hybridized carbons (Fsp3) is 0.368. The van der Waals surface area contributed by atoms with Crippen LogP contribution in [0.5, 0.6) is 0 Å². The Morgan fingerprint density at radius 3 is 2.75 bits per heavy atom. The first kappa shape index (κ1) is 20.1. The summed E-state index contributed by atoms with van der Waals surface area (Å²) in [6.45, 7) is 4.94. The van der Waals surface area contributed by atoms with Gasteiger partial charge < -0.3 is 4.74 Å². The average molecular weight is 456 g/mol. The van der Waals surface area contributed by atoms with Crippen LogP contribution in [-0.4, -0.2) is 55.2 Å². The number of thiophene rings is 1. The molecule has 1 aliphatic rings. The third kappa shape index (κ3) is 4.67. The molecule has 0 aliphatic carbocycles. The third-order valence-electron chi connectivity index (χ3n) is 4.56. The van der Waals surface area contributed by atoms with Gasteiger partial charge in [-0.15, -0.1) is 11.3 Å². The van der Waals surface area contributed by atoms with Gasteiger partial charge in [0.15, 0.2) is 5.13 Å². The molecule has 9 heteroatoms. The Morgan fingerprint density at radius 2 is 2.00 bits per heavy atom. The van der Waals surface area contributed by atoms with Crippen molar-refractivity contribution < 1.29 is 9.53 Å². The maximum Gasteiger partial charge on any atom is 0.270 e. The van der Waals surface area contributed by atoms with Crippen LogP contribution in [-0.2, 0) is 4.74 Å². The molecule has 1 aromatic carbocycles. The number of benzene rings is 1. The number of halogens is 2. The molecule has 0 atom stereocenters. The lowest BCUT2D eigenvalue weighted by atomic mass is 10.3. The molecule has 5 nitrogen and oxygen atoms in total. The van der Waals surface area contributed by atoms with E-state index in [0.29, 0.717) is 25.9 Å². The Balaban J connectivity index is 1.55. The van der Waals surface area contributed by atoms with Crippen LogP contribution in [0.4, 0.5) is 5.13 Å². The minimum atomic E-state index is -0.0657. The molecule has 0 N–H and O–H groups in total. The Kier molecular flexibility index (Phi) is 6.50. The normalized spacial score (nSPS) is 15.2. The van der Waals surface area contributed by atoms with Crippen LogP contribution in [0, 0.1) is 0 Å². The number of hydrogen-bond donors (Lipinski definition) is 0. The number of anilines is 1. The molecule has 0 spiro atoms. The molecule has 148 valence electrons. The quantitative estimate of drug-likeness (QED) is 0.522. The van der Waals surface area contributed by atoms with Crippen LogP contribution < -0.4 is 4.90 Å². The van der Waals surface area contributed by atoms with E-state index in [0.717, 1.165) is 49.5 Å². The van der Waals surface area contributed by atoms with Gasteiger partial charge in [-0.2, -0.15) is 0 Å². The van der Waals surface area contributed by atoms with Gasteiger partial charge in [0.25, 0.3) is 5.91 Å². The molecule has 0 saturated carbocycles. The smallest absolute Gasteiger partial charge is 0.270 e. The van der Waals surface area contributed by atoms with Gasteiger partial charge in [-0.25, -0.2) is 4.98 Å². The highest BCUT2D eigenvalue weighted by atomic mass is 35.5. The van der Waals surface area contributed by atoms with Crippen molar-refractivity contribution in [3.8, 4) is 0 Å². The number of amides is 1. The van der Waals surface area contributed by atoms with Crippen molar-refractivity contribution in [1.29, 1.82) is 0 Å². The monoisotopic (exact) mass is 455 g/mol. The predicted octanol–water partition coefficient (Wildman–Crippen LogP) is 5.03. The number of aromatic nitrogens is 1. The molecule has 2 aromatic heterocycles. The van der Waals surface area contributed by atoms with Crippen LogP contribution in [0.15, 0.2) is 30.3 Å². The maximum atomic E-state index is 13.2. The number of hydrogen-bond acceptors (Lipinski definition) is 6. The van der Waals surface area contributed by atoms with Gasteiger partial charge in [-0.1, -0.05) is 34.5 Å². The molecular weight excluding hydrogens is 437 g/mol. The summed E-state index contributed by atoms with van der Waals surface area (Å²) in [6.07, 6.45) is 0.863. The van der Waals surface area contributed by atoms with Crippen molar-refractivity contribution in [3.63, 3.8) is 0 Å². The SMILES string of the molecule is O=C(c1ccc(Cl)s1)N(CCCN1CCOCC1)c1nc2ccc(Cl)cc2s1. The average Bonchev–Trinajstić information content (AvgIpc) is 3.31. The van der Waals surface area contributed by atoms with Crippen molar-refractivity contribution in [2.45, 2.75) is 6.42 Å². The Hall–Kier alpha value is -1.22. The molecule has 3 heterocycles. The van der Waals surface area contributed by atoms with Gasteiger partial charge in [0.1, 0.15) is 0 Å². The molecule has 28 heavy (non-hydrogen) atoms. The summed E-state index contributed by atoms with van der Waals surface area (Å²) < 4.78 is 6.98. The first-order valence-corrected chi connectivity index (χ1v) is 11.4. The van der Waals surface area contributed by atoms with Gasteiger partial charge >= 0.3 is 0 Å². The molecule has 0 bridgehead atoms. The second-order valence-corrected chi connectivity index (χ2v) is 9.64. The molecule has 0 unspecified atom stereocenters. The lowest BCUT2D eigenvalue weighted by Gasteiger charge is -2.27. The summed E-state index contributed by atoms with van der Waals surface area (Å²) in [6, 6.07) is 9.11. The number of carbonyl (C=O) groups excluding carboxylic acids is 1. The minimum absolute atomic E-state index is 0.0657. The predicted molar refractivity (Wildman–Crippen MR) is 118 cm³/mol. The van der Waals surface area contributed by atoms with E-state index in [4.69, 9.17) is 27.9 Å². The first-order valence-electron chi connectivity index (χ1n) is 9.03. The summed E-state index contributed by atoms with van der Waals surface area (Å²) in [7, 11) is 0. The molecule has 3 aromatic rings. The molecule has 4 rings (SSSR count). The number of morpholine rings is 1. The molecule has 1 fully saturated rings. The molecule has 1 amide bonds. The van der Waals surface area contributed by atoms with Gasteiger partial charge in [-0.05, 0) is 36.8 Å². The van der Waals surface area contributed by atoms with Crippen LogP contribution in [0.1, 0.15) is 16.1 Å². The number of rotatable bonds is 6. The van der Waals surface area contributed by atoms with Gasteiger partial charge in [0.05, 0.1) is 32.6 Å². The van der Waals surface area contributed by atoms with Crippen molar-refractivity contribution >= 4 is 67.1 Å². The Bertz CT molecular complexity index is 969. The lowest BCUT2D eigenvalue weighted by molar-refractivity contribution is 0.0376. The van der Waals surface area contributed by atoms with Crippen molar-refractivity contribution in [3.05, 3.63) is 44.6 Å². The van der Waals surface area contributed by atoms with E-state index in [1.165, 1.54) is 22.7 Å². The third-order valence-corrected chi connectivity index (χ3v) is 7.05. The molecular formula is C19H19Cl2N3O2S2. The van der Waals surface area contributed by atoms with Crippen molar-refractivity contribution in [2.75, 3.05) is 44.3 Å². The Morgan fingerprint density at radius 1 is 1.18 bits per heavy atom. The van der Waals surface area contributed by atoms with Crippen LogP contribution in [0.25, 0.3) is 10.2 Å². The van der Waals surface area contributed by atoms with Crippen molar-refractivity contribution in [1.82, 2.24) is 9.88 Å². The van der Waals surface area contributed by atoms with Crippen LogP contribution >= 0.6 is 45.9 Å². The van der Waals surface area contributed by atoms with E-state index in [-0.39, 0.29) is 5.91 Å². The van der Waals surface area contributed by atoms with E-state index < -0.39 is 0 Å². The van der Waals surface area contributed by atoms with Gasteiger partial charge in [0, 0.05) is 31.2 Å². The molecule has 0 radical (unpaired) electrons. The highest BCUT2D eigenvalue weighted by molar-refractivity contribution is 7.22.